The monoisotopic (exact) mass is 544 g/mol. The molecule has 206 valence electrons. The number of nitriles is 1. The van der Waals surface area contributed by atoms with Crippen LogP contribution in [0, 0.1) is 33.3 Å². The number of hydrogen-bond donors (Lipinski definition) is 2. The van der Waals surface area contributed by atoms with Gasteiger partial charge in [0.15, 0.2) is 0 Å². The summed E-state index contributed by atoms with van der Waals surface area (Å²) in [4.78, 5) is 11.3. The number of anilines is 2. The summed E-state index contributed by atoms with van der Waals surface area (Å²) in [5.74, 6) is 0.910. The molecule has 0 heterocycles. The fourth-order valence-corrected chi connectivity index (χ4v) is 3.74. The van der Waals surface area contributed by atoms with Crippen LogP contribution in [0.15, 0.2) is 36.4 Å². The lowest BCUT2D eigenvalue weighted by atomic mass is 10.1. The van der Waals surface area contributed by atoms with Gasteiger partial charge in [-0.3, -0.25) is 10.1 Å². The zero-order valence-electron chi connectivity index (χ0n) is 20.1. The topological polar surface area (TPSA) is 102 Å². The number of benzene rings is 2. The second kappa shape index (κ2) is 11.9. The van der Waals surface area contributed by atoms with Crippen LogP contribution in [0.2, 0.25) is 0 Å². The van der Waals surface area contributed by atoms with E-state index >= 15 is 0 Å². The molecule has 0 atom stereocenters. The third-order valence-corrected chi connectivity index (χ3v) is 6.12. The molecule has 0 saturated heterocycles. The Labute approximate surface area is 214 Å². The van der Waals surface area contributed by atoms with E-state index in [0.717, 1.165) is 43.9 Å². The Kier molecular flexibility index (Phi) is 9.09. The summed E-state index contributed by atoms with van der Waals surface area (Å²) in [6.07, 6.45) is -5.04. The molecule has 2 aromatic rings. The molecule has 0 unspecified atom stereocenters. The molecule has 2 aliphatic carbocycles. The van der Waals surface area contributed by atoms with Crippen LogP contribution in [-0.2, 0) is 12.4 Å². The van der Waals surface area contributed by atoms with Gasteiger partial charge in [-0.1, -0.05) is 0 Å². The number of alkyl halides is 6. The van der Waals surface area contributed by atoms with Crippen LogP contribution in [0.1, 0.15) is 42.4 Å². The molecule has 0 amide bonds. The van der Waals surface area contributed by atoms with Crippen molar-refractivity contribution < 1.29 is 36.4 Å². The van der Waals surface area contributed by atoms with Crippen molar-refractivity contribution in [3.8, 4) is 6.07 Å². The predicted molar refractivity (Wildman–Crippen MR) is 127 cm³/mol. The second-order valence-corrected chi connectivity index (χ2v) is 9.26. The van der Waals surface area contributed by atoms with E-state index in [0.29, 0.717) is 24.9 Å². The molecule has 13 heteroatoms. The van der Waals surface area contributed by atoms with Gasteiger partial charge in [0.05, 0.1) is 28.7 Å². The number of nitro groups is 1. The van der Waals surface area contributed by atoms with Gasteiger partial charge in [-0.15, -0.1) is 0 Å². The number of hydrogen-bond acceptors (Lipinski definition) is 6. The summed E-state index contributed by atoms with van der Waals surface area (Å²) in [5.41, 5.74) is -2.66. The van der Waals surface area contributed by atoms with Crippen LogP contribution < -0.4 is 10.2 Å². The van der Waals surface area contributed by atoms with Crippen molar-refractivity contribution in [1.29, 1.82) is 5.26 Å². The van der Waals surface area contributed by atoms with E-state index in [-0.39, 0.29) is 30.1 Å². The van der Waals surface area contributed by atoms with Gasteiger partial charge in [0.2, 0.25) is 0 Å². The molecule has 2 aliphatic rings. The minimum Gasteiger partial charge on any atom is -0.395 e. The van der Waals surface area contributed by atoms with Gasteiger partial charge in [0.1, 0.15) is 5.56 Å². The molecule has 7 nitrogen and oxygen atoms in total. The fourth-order valence-electron chi connectivity index (χ4n) is 3.74. The highest BCUT2D eigenvalue weighted by Gasteiger charge is 2.39. The minimum atomic E-state index is -4.79. The van der Waals surface area contributed by atoms with E-state index in [1.54, 1.807) is 11.0 Å². The van der Waals surface area contributed by atoms with Gasteiger partial charge in [0.25, 0.3) is 5.69 Å². The van der Waals surface area contributed by atoms with Gasteiger partial charge in [-0.2, -0.15) is 31.6 Å². The SMILES string of the molecule is N#Cc1ccc(NCC2CC2)c(C(F)(F)F)c1.O=[N+]([O-])c1ccc(N(CCO)CC2CC2)cc1C(F)(F)F. The molecule has 2 fully saturated rings. The summed E-state index contributed by atoms with van der Waals surface area (Å²) in [5, 5.41) is 31.2. The normalized spacial score (nSPS) is 15.2. The van der Waals surface area contributed by atoms with Crippen LogP contribution in [0.25, 0.3) is 0 Å². The molecule has 0 spiro atoms. The first-order chi connectivity index (χ1) is 17.8. The van der Waals surface area contributed by atoms with Gasteiger partial charge in [0, 0.05) is 37.1 Å². The summed E-state index contributed by atoms with van der Waals surface area (Å²) in [6, 6.07) is 8.27. The molecule has 2 saturated carbocycles. The predicted octanol–water partition coefficient (Wildman–Crippen LogP) is 6.22. The molecule has 0 aromatic heterocycles. The maximum atomic E-state index is 12.9. The van der Waals surface area contributed by atoms with Crippen LogP contribution in [0.3, 0.4) is 0 Å². The Bertz CT molecular complexity index is 1170. The Hall–Kier alpha value is -3.53. The Morgan fingerprint density at radius 1 is 1.00 bits per heavy atom. The quantitative estimate of drug-likeness (QED) is 0.221. The lowest BCUT2D eigenvalue weighted by Crippen LogP contribution is -2.29. The number of nitrogens with zero attached hydrogens (tertiary/aromatic N) is 3. The second-order valence-electron chi connectivity index (χ2n) is 9.26. The highest BCUT2D eigenvalue weighted by Crippen LogP contribution is 2.40. The first-order valence-electron chi connectivity index (χ1n) is 11.9. The van der Waals surface area contributed by atoms with E-state index in [9.17, 15) is 36.5 Å². The van der Waals surface area contributed by atoms with E-state index < -0.39 is 34.1 Å². The number of aliphatic hydroxyl groups excluding tert-OH is 1. The average molecular weight is 544 g/mol. The maximum Gasteiger partial charge on any atom is 0.423 e. The highest BCUT2D eigenvalue weighted by molar-refractivity contribution is 5.57. The third kappa shape index (κ3) is 8.24. The minimum absolute atomic E-state index is 0.0225. The first-order valence-corrected chi connectivity index (χ1v) is 11.9. The van der Waals surface area contributed by atoms with Crippen LogP contribution in [-0.4, -0.2) is 36.3 Å². The maximum absolute atomic E-state index is 12.9. The lowest BCUT2D eigenvalue weighted by Gasteiger charge is -2.24. The molecule has 4 rings (SSSR count). The van der Waals surface area contributed by atoms with Crippen LogP contribution in [0.5, 0.6) is 0 Å². The van der Waals surface area contributed by atoms with Crippen molar-refractivity contribution in [2.75, 3.05) is 36.5 Å². The van der Waals surface area contributed by atoms with Crippen LogP contribution >= 0.6 is 0 Å². The third-order valence-electron chi connectivity index (χ3n) is 6.12. The number of rotatable bonds is 9. The highest BCUT2D eigenvalue weighted by atomic mass is 19.4. The lowest BCUT2D eigenvalue weighted by molar-refractivity contribution is -0.388. The molecular weight excluding hydrogens is 518 g/mol. The average Bonchev–Trinajstić information content (AvgIpc) is 3.77. The molecule has 0 radical (unpaired) electrons. The largest absolute Gasteiger partial charge is 0.423 e. The van der Waals surface area contributed by atoms with Crippen molar-refractivity contribution in [3.05, 3.63) is 63.2 Å². The van der Waals surface area contributed by atoms with Gasteiger partial charge >= 0.3 is 12.4 Å². The van der Waals surface area contributed by atoms with Crippen molar-refractivity contribution in [2.45, 2.75) is 38.0 Å². The summed E-state index contributed by atoms with van der Waals surface area (Å²) < 4.78 is 77.1. The van der Waals surface area contributed by atoms with Gasteiger partial charge in [-0.25, -0.2) is 0 Å². The summed E-state index contributed by atoms with van der Waals surface area (Å²) >= 11 is 0. The molecule has 2 N–H and O–H groups in total. The first kappa shape index (κ1) is 29.0. The molecular formula is C25H26F6N4O3. The Morgan fingerprint density at radius 3 is 2.13 bits per heavy atom. The number of nitro benzene ring substituents is 1. The van der Waals surface area contributed by atoms with E-state index in [1.165, 1.54) is 18.2 Å². The molecule has 0 bridgehead atoms. The van der Waals surface area contributed by atoms with Crippen molar-refractivity contribution in [3.63, 3.8) is 0 Å². The molecule has 0 aliphatic heterocycles. The van der Waals surface area contributed by atoms with Gasteiger partial charge < -0.3 is 15.3 Å². The Balaban J connectivity index is 0.000000215. The fraction of sp³-hybridized carbons (Fsp3) is 0.480. The van der Waals surface area contributed by atoms with Gasteiger partial charge in [-0.05, 0) is 67.9 Å². The molecule has 38 heavy (non-hydrogen) atoms. The summed E-state index contributed by atoms with van der Waals surface area (Å²) in [7, 11) is 0. The number of nitrogens with one attached hydrogen (secondary N) is 1. The van der Waals surface area contributed by atoms with Crippen molar-refractivity contribution in [2.24, 2.45) is 11.8 Å². The standard InChI is InChI=1S/C13H15F3N2O3.C12H11F3N2/c14-13(15,16)11-7-10(3-4-12(11)18(20)21)17(5-6-19)8-9-1-2-9;13-12(14,15)10-5-9(6-16)3-4-11(10)17-7-8-1-2-8/h3-4,7,9,19H,1-2,5-6,8H2;3-5,8,17H,1-2,7H2. The van der Waals surface area contributed by atoms with Crippen molar-refractivity contribution in [1.82, 2.24) is 0 Å². The van der Waals surface area contributed by atoms with E-state index in [4.69, 9.17) is 10.4 Å². The zero-order valence-corrected chi connectivity index (χ0v) is 20.1. The van der Waals surface area contributed by atoms with E-state index in [1.807, 2.05) is 0 Å². The van der Waals surface area contributed by atoms with Crippen molar-refractivity contribution >= 4 is 17.1 Å². The van der Waals surface area contributed by atoms with Crippen LogP contribution in [0.4, 0.5) is 43.4 Å². The smallest absolute Gasteiger partial charge is 0.395 e. The number of halogens is 6. The zero-order chi connectivity index (χ0) is 28.1. The number of aliphatic hydroxyl groups is 1. The molecule has 2 aromatic carbocycles. The van der Waals surface area contributed by atoms with E-state index in [2.05, 4.69) is 5.32 Å². The Morgan fingerprint density at radius 2 is 1.63 bits per heavy atom. The summed E-state index contributed by atoms with van der Waals surface area (Å²) in [6.45, 7) is 1.13.